The Hall–Kier alpha value is -3.02. The van der Waals surface area contributed by atoms with Crippen LogP contribution in [0.2, 0.25) is 0 Å². The Balaban J connectivity index is 1.40. The molecule has 3 aromatic rings. The molecule has 0 bridgehead atoms. The highest BCUT2D eigenvalue weighted by molar-refractivity contribution is 7.51. The van der Waals surface area contributed by atoms with Gasteiger partial charge in [0.25, 0.3) is 0 Å². The van der Waals surface area contributed by atoms with E-state index in [1.54, 1.807) is 41.8 Å². The molecule has 0 saturated carbocycles. The average Bonchev–Trinajstić information content (AvgIpc) is 3.64. The largest absolute Gasteiger partial charge is 0.465 e. The number of anilines is 1. The highest BCUT2D eigenvalue weighted by atomic mass is 31.2. The first-order valence-corrected chi connectivity index (χ1v) is 14.5. The smallest absolute Gasteiger partial charge is 0.462 e. The second-order valence-corrected chi connectivity index (χ2v) is 11.8. The predicted octanol–water partition coefficient (Wildman–Crippen LogP) is 3.15. The van der Waals surface area contributed by atoms with E-state index in [-0.39, 0.29) is 19.1 Å². The number of nitrogens with zero attached hydrogens (tertiary/aromatic N) is 4. The minimum absolute atomic E-state index is 0.206. The lowest BCUT2D eigenvalue weighted by molar-refractivity contribution is -0.147. The first kappa shape index (κ1) is 27.5. The van der Waals surface area contributed by atoms with Crippen molar-refractivity contribution in [2.75, 3.05) is 25.5 Å². The normalized spacial score (nSPS) is 28.9. The highest BCUT2D eigenvalue weighted by Crippen LogP contribution is 2.56. The van der Waals surface area contributed by atoms with E-state index < -0.39 is 37.6 Å². The number of ether oxygens (including phenoxy) is 2. The lowest BCUT2D eigenvalue weighted by Gasteiger charge is -2.31. The lowest BCUT2D eigenvalue weighted by Crippen LogP contribution is -2.38. The Morgan fingerprint density at radius 1 is 1.28 bits per heavy atom. The maximum absolute atomic E-state index is 14.4. The van der Waals surface area contributed by atoms with Gasteiger partial charge in [-0.1, -0.05) is 25.1 Å². The molecule has 13 heteroatoms. The highest BCUT2D eigenvalue weighted by Gasteiger charge is 2.53. The monoisotopic (exact) mass is 559 g/mol. The molecule has 210 valence electrons. The van der Waals surface area contributed by atoms with Gasteiger partial charge in [0, 0.05) is 12.5 Å². The van der Waals surface area contributed by atoms with Crippen LogP contribution in [-0.4, -0.2) is 68.4 Å². The van der Waals surface area contributed by atoms with Crippen molar-refractivity contribution in [2.24, 2.45) is 5.92 Å². The van der Waals surface area contributed by atoms with Gasteiger partial charge in [0.05, 0.1) is 25.0 Å². The first-order chi connectivity index (χ1) is 18.7. The summed E-state index contributed by atoms with van der Waals surface area (Å²) in [6.07, 6.45) is 0.655. The Morgan fingerprint density at radius 2 is 2.05 bits per heavy atom. The van der Waals surface area contributed by atoms with E-state index in [9.17, 15) is 14.5 Å². The van der Waals surface area contributed by atoms with Gasteiger partial charge in [0.15, 0.2) is 5.82 Å². The van der Waals surface area contributed by atoms with Crippen molar-refractivity contribution in [3.05, 3.63) is 54.5 Å². The van der Waals surface area contributed by atoms with Gasteiger partial charge in [0.2, 0.25) is 0 Å². The summed E-state index contributed by atoms with van der Waals surface area (Å²) in [7, 11) is -4.07. The summed E-state index contributed by atoms with van der Waals surface area (Å²) in [6.45, 7) is 5.74. The van der Waals surface area contributed by atoms with Gasteiger partial charge in [-0.15, -0.1) is 0 Å². The van der Waals surface area contributed by atoms with Crippen LogP contribution in [0.3, 0.4) is 0 Å². The SMILES string of the molecule is CCOC(=O)[C@@H]1CCCN1P(=O)(OC[C@H]1O[C@@](C)(c2ccc3c(N)ncnn23)[C@@H](C)[C@@H]1O)Oc1ccccc1. The molecule has 4 heterocycles. The summed E-state index contributed by atoms with van der Waals surface area (Å²) in [5.41, 5.74) is 6.35. The number of aliphatic hydroxyl groups excluding tert-OH is 1. The fourth-order valence-electron chi connectivity index (χ4n) is 5.35. The van der Waals surface area contributed by atoms with Crippen LogP contribution < -0.4 is 10.3 Å². The number of nitrogens with two attached hydrogens (primary N) is 1. The molecule has 2 aliphatic heterocycles. The number of fused-ring (bicyclic) bond motifs is 1. The summed E-state index contributed by atoms with van der Waals surface area (Å²) in [6, 6.07) is 11.5. The van der Waals surface area contributed by atoms with Crippen LogP contribution >= 0.6 is 7.75 Å². The molecule has 0 radical (unpaired) electrons. The molecule has 2 aliphatic rings. The third-order valence-corrected chi connectivity index (χ3v) is 9.64. The van der Waals surface area contributed by atoms with Crippen molar-refractivity contribution < 1.29 is 33.0 Å². The number of carbonyl (C=O) groups is 1. The fraction of sp³-hybridized carbons (Fsp3) is 0.500. The zero-order valence-corrected chi connectivity index (χ0v) is 23.1. The molecule has 1 aromatic carbocycles. The molecule has 0 amide bonds. The molecule has 3 N–H and O–H groups in total. The molecule has 1 unspecified atom stereocenters. The Bertz CT molecular complexity index is 1370. The second-order valence-electron chi connectivity index (χ2n) is 9.95. The van der Waals surface area contributed by atoms with Gasteiger partial charge >= 0.3 is 13.7 Å². The number of esters is 1. The number of rotatable bonds is 9. The van der Waals surface area contributed by atoms with Crippen LogP contribution in [0.4, 0.5) is 5.82 Å². The zero-order chi connectivity index (χ0) is 27.8. The molecule has 2 fully saturated rings. The topological polar surface area (TPSA) is 151 Å². The van der Waals surface area contributed by atoms with Gasteiger partial charge in [0.1, 0.15) is 35.3 Å². The van der Waals surface area contributed by atoms with Crippen molar-refractivity contribution >= 4 is 25.1 Å². The van der Waals surface area contributed by atoms with E-state index in [4.69, 9.17) is 24.3 Å². The maximum atomic E-state index is 14.4. The first-order valence-electron chi connectivity index (χ1n) is 13.1. The maximum Gasteiger partial charge on any atom is 0.462 e. The van der Waals surface area contributed by atoms with Crippen molar-refractivity contribution in [3.63, 3.8) is 0 Å². The van der Waals surface area contributed by atoms with Crippen LogP contribution in [-0.2, 0) is 29.0 Å². The van der Waals surface area contributed by atoms with E-state index in [1.165, 1.54) is 11.0 Å². The predicted molar refractivity (Wildman–Crippen MR) is 142 cm³/mol. The molecule has 2 saturated heterocycles. The van der Waals surface area contributed by atoms with Gasteiger partial charge in [-0.2, -0.15) is 9.77 Å². The van der Waals surface area contributed by atoms with E-state index in [2.05, 4.69) is 10.1 Å². The fourth-order valence-corrected chi connectivity index (χ4v) is 7.32. The second kappa shape index (κ2) is 10.9. The molecule has 5 rings (SSSR count). The average molecular weight is 560 g/mol. The third kappa shape index (κ3) is 5.03. The number of para-hydroxylation sites is 1. The van der Waals surface area contributed by atoms with E-state index in [0.717, 1.165) is 0 Å². The minimum atomic E-state index is -4.07. The molecule has 2 aromatic heterocycles. The van der Waals surface area contributed by atoms with Crippen LogP contribution in [0.5, 0.6) is 5.75 Å². The molecular formula is C26H34N5O7P. The van der Waals surface area contributed by atoms with E-state index in [1.807, 2.05) is 26.0 Å². The number of hydrogen-bond donors (Lipinski definition) is 2. The van der Waals surface area contributed by atoms with Crippen LogP contribution in [0.15, 0.2) is 48.8 Å². The molecular weight excluding hydrogens is 525 g/mol. The number of aliphatic hydroxyl groups is 1. The zero-order valence-electron chi connectivity index (χ0n) is 22.2. The van der Waals surface area contributed by atoms with Crippen molar-refractivity contribution in [2.45, 2.75) is 57.5 Å². The van der Waals surface area contributed by atoms with Crippen molar-refractivity contribution in [1.29, 1.82) is 0 Å². The number of nitrogen functional groups attached to an aromatic ring is 1. The Kier molecular flexibility index (Phi) is 7.67. The summed E-state index contributed by atoms with van der Waals surface area (Å²) in [5, 5.41) is 15.5. The van der Waals surface area contributed by atoms with Crippen molar-refractivity contribution in [1.82, 2.24) is 19.3 Å². The summed E-state index contributed by atoms with van der Waals surface area (Å²) < 4.78 is 41.0. The number of hydrogen-bond acceptors (Lipinski definition) is 10. The number of carbonyl (C=O) groups excluding carboxylic acids is 1. The summed E-state index contributed by atoms with van der Waals surface area (Å²) in [5.74, 6) is -0.200. The standard InChI is InChI=1S/C26H34N5O7P/c1-4-35-25(33)20-11-8-14-30(20)39(34,38-18-9-6-5-7-10-18)36-15-21-23(32)17(2)26(3,37-21)22-13-12-19-24(27)28-16-29-31(19)22/h5-7,9-10,12-13,16-17,20-21,23,32H,4,8,11,14-15H2,1-3H3,(H2,27,28,29)/t17-,20-,21+,23-,26+,39?/m0/s1. The molecule has 12 nitrogen and oxygen atoms in total. The third-order valence-electron chi connectivity index (χ3n) is 7.61. The van der Waals surface area contributed by atoms with Crippen LogP contribution in [0.25, 0.3) is 5.52 Å². The Labute approximate surface area is 226 Å². The molecule has 39 heavy (non-hydrogen) atoms. The quantitative estimate of drug-likeness (QED) is 0.294. The van der Waals surface area contributed by atoms with Gasteiger partial charge in [-0.3, -0.25) is 9.32 Å². The van der Waals surface area contributed by atoms with Crippen molar-refractivity contribution in [3.8, 4) is 5.75 Å². The number of aromatic nitrogens is 3. The van der Waals surface area contributed by atoms with Crippen LogP contribution in [0.1, 0.15) is 39.3 Å². The van der Waals surface area contributed by atoms with E-state index >= 15 is 0 Å². The Morgan fingerprint density at radius 3 is 2.79 bits per heavy atom. The van der Waals surface area contributed by atoms with Gasteiger partial charge in [-0.05, 0) is 51.0 Å². The van der Waals surface area contributed by atoms with Crippen LogP contribution in [0, 0.1) is 5.92 Å². The van der Waals surface area contributed by atoms with E-state index in [0.29, 0.717) is 42.2 Å². The molecule has 0 spiro atoms. The minimum Gasteiger partial charge on any atom is -0.465 e. The van der Waals surface area contributed by atoms with Gasteiger partial charge in [-0.25, -0.2) is 14.1 Å². The molecule has 6 atom stereocenters. The summed E-state index contributed by atoms with van der Waals surface area (Å²) in [4.78, 5) is 16.7. The van der Waals surface area contributed by atoms with Gasteiger partial charge < -0.3 is 24.8 Å². The lowest BCUT2D eigenvalue weighted by atomic mass is 9.85. The molecule has 0 aliphatic carbocycles. The number of benzene rings is 1. The summed E-state index contributed by atoms with van der Waals surface area (Å²) >= 11 is 0.